The fourth-order valence-corrected chi connectivity index (χ4v) is 6.93. The van der Waals surface area contributed by atoms with Crippen LogP contribution >= 0.6 is 11.6 Å². The first-order valence-corrected chi connectivity index (χ1v) is 17.1. The molecule has 3 aromatic rings. The van der Waals surface area contributed by atoms with Gasteiger partial charge in [-0.1, -0.05) is 17.7 Å². The molecule has 4 aliphatic rings. The maximum absolute atomic E-state index is 15.6. The number of hydrogen-bond acceptors (Lipinski definition) is 9. The number of carbonyl (C=O) groups is 2. The summed E-state index contributed by atoms with van der Waals surface area (Å²) in [7, 11) is 0. The Morgan fingerprint density at radius 1 is 1.12 bits per heavy atom. The highest BCUT2D eigenvalue weighted by Gasteiger charge is 2.59. The zero-order valence-corrected chi connectivity index (χ0v) is 28.8. The Labute approximate surface area is 289 Å². The minimum Gasteiger partial charge on any atom is -0.444 e. The Morgan fingerprint density at radius 2 is 1.90 bits per heavy atom. The molecule has 3 fully saturated rings. The number of para-hydroxylation sites is 1. The number of ether oxygens (including phenoxy) is 4. The predicted molar refractivity (Wildman–Crippen MR) is 184 cm³/mol. The van der Waals surface area contributed by atoms with Gasteiger partial charge < -0.3 is 34.5 Å². The standard InChI is InChI=1S/C36H41ClFN5O6/c1-34(2,3)49-33(45)41-22-16-25(38)30(26(17-22)39-20-23-10-15-46-23)42-32(44)24-18-36(24)11-13-43(14-12-36)27-6-5-7-28-31(27)48-35(4,47-28)29-9-8-21(37)19-40-29/h5-9,16-17,19,23-24,39H,10-15,18,20H2,1-4H3,(H,41,45)(H,42,44)/t23-,24-,35?/m0/s1. The Hall–Kier alpha value is -4.29. The third kappa shape index (κ3) is 6.94. The zero-order valence-electron chi connectivity index (χ0n) is 28.0. The number of benzene rings is 2. The van der Waals surface area contributed by atoms with E-state index in [1.54, 1.807) is 45.2 Å². The summed E-state index contributed by atoms with van der Waals surface area (Å²) < 4.78 is 39.1. The summed E-state index contributed by atoms with van der Waals surface area (Å²) in [5, 5.41) is 9.20. The molecule has 4 heterocycles. The lowest BCUT2D eigenvalue weighted by Gasteiger charge is -2.35. The molecule has 1 aromatic heterocycles. The lowest BCUT2D eigenvalue weighted by Crippen LogP contribution is -2.37. The number of anilines is 4. The number of piperidine rings is 1. The first kappa shape index (κ1) is 33.2. The third-order valence-electron chi connectivity index (χ3n) is 9.66. The minimum absolute atomic E-state index is 0.00312. The SMILES string of the molecule is CC(C)(C)OC(=O)Nc1cc(F)c(NC(=O)[C@@H]2CC23CCN(c2cccc4c2OC(C)(c2ccc(Cl)cn2)O4)CC3)c(NC[C@@H]2CCO2)c1. The van der Waals surface area contributed by atoms with Crippen molar-refractivity contribution in [2.24, 2.45) is 11.3 Å². The second-order valence-electron chi connectivity index (χ2n) is 14.4. The fraction of sp³-hybridized carbons (Fsp3) is 0.472. The Balaban J connectivity index is 1.01. The van der Waals surface area contributed by atoms with Crippen molar-refractivity contribution in [1.82, 2.24) is 4.98 Å². The summed E-state index contributed by atoms with van der Waals surface area (Å²) >= 11 is 6.04. The van der Waals surface area contributed by atoms with Gasteiger partial charge in [0, 0.05) is 51.0 Å². The smallest absolute Gasteiger partial charge is 0.412 e. The monoisotopic (exact) mass is 693 g/mol. The molecule has 1 aliphatic carbocycles. The van der Waals surface area contributed by atoms with Crippen molar-refractivity contribution in [2.75, 3.05) is 47.1 Å². The van der Waals surface area contributed by atoms with E-state index in [0.29, 0.717) is 41.1 Å². The van der Waals surface area contributed by atoms with Crippen molar-refractivity contribution in [3.05, 3.63) is 65.2 Å². The molecule has 260 valence electrons. The minimum atomic E-state index is -1.09. The molecule has 7 rings (SSSR count). The fourth-order valence-electron chi connectivity index (χ4n) is 6.82. The van der Waals surface area contributed by atoms with E-state index in [9.17, 15) is 9.59 Å². The van der Waals surface area contributed by atoms with Gasteiger partial charge >= 0.3 is 6.09 Å². The van der Waals surface area contributed by atoms with Crippen LogP contribution in [0.2, 0.25) is 5.02 Å². The summed E-state index contributed by atoms with van der Waals surface area (Å²) in [5.74, 6) is -0.899. The van der Waals surface area contributed by atoms with E-state index in [2.05, 4.69) is 25.8 Å². The van der Waals surface area contributed by atoms with E-state index in [4.69, 9.17) is 30.5 Å². The molecule has 11 nitrogen and oxygen atoms in total. The van der Waals surface area contributed by atoms with Crippen LogP contribution in [0.4, 0.5) is 31.9 Å². The van der Waals surface area contributed by atoms with Crippen LogP contribution in [0.1, 0.15) is 59.1 Å². The van der Waals surface area contributed by atoms with E-state index in [1.165, 1.54) is 6.07 Å². The van der Waals surface area contributed by atoms with Crippen LogP contribution in [-0.2, 0) is 20.1 Å². The molecule has 0 radical (unpaired) electrons. The molecular formula is C36H41ClFN5O6. The number of nitrogens with one attached hydrogen (secondary N) is 3. The third-order valence-corrected chi connectivity index (χ3v) is 9.88. The van der Waals surface area contributed by atoms with Crippen molar-refractivity contribution in [3.8, 4) is 11.5 Å². The van der Waals surface area contributed by atoms with Gasteiger partial charge in [0.2, 0.25) is 5.91 Å². The van der Waals surface area contributed by atoms with Gasteiger partial charge in [-0.2, -0.15) is 0 Å². The molecule has 2 aromatic carbocycles. The number of nitrogens with zero attached hydrogens (tertiary/aromatic N) is 2. The number of rotatable bonds is 8. The number of pyridine rings is 1. The van der Waals surface area contributed by atoms with Crippen LogP contribution < -0.4 is 30.3 Å². The van der Waals surface area contributed by atoms with Gasteiger partial charge in [0.1, 0.15) is 17.0 Å². The van der Waals surface area contributed by atoms with Crippen LogP contribution in [0.3, 0.4) is 0 Å². The maximum atomic E-state index is 15.6. The molecule has 2 amide bonds. The van der Waals surface area contributed by atoms with E-state index >= 15 is 4.39 Å². The van der Waals surface area contributed by atoms with Crippen LogP contribution in [0.15, 0.2) is 48.7 Å². The summed E-state index contributed by atoms with van der Waals surface area (Å²) in [4.78, 5) is 32.7. The number of carbonyl (C=O) groups excluding carboxylic acids is 2. The van der Waals surface area contributed by atoms with Crippen molar-refractivity contribution in [1.29, 1.82) is 0 Å². The molecule has 49 heavy (non-hydrogen) atoms. The number of hydrogen-bond donors (Lipinski definition) is 3. The number of fused-ring (bicyclic) bond motifs is 1. The lowest BCUT2D eigenvalue weighted by molar-refractivity contribution is -0.118. The van der Waals surface area contributed by atoms with Gasteiger partial charge in [-0.3, -0.25) is 15.1 Å². The lowest BCUT2D eigenvalue weighted by atomic mass is 9.90. The molecular weight excluding hydrogens is 653 g/mol. The van der Waals surface area contributed by atoms with Crippen molar-refractivity contribution < 1.29 is 32.9 Å². The highest BCUT2D eigenvalue weighted by atomic mass is 35.5. The molecule has 2 saturated heterocycles. The number of aromatic nitrogens is 1. The normalized spacial score (nSPS) is 23.4. The molecule has 13 heteroatoms. The molecule has 3 atom stereocenters. The molecule has 3 aliphatic heterocycles. The van der Waals surface area contributed by atoms with Crippen LogP contribution in [0.5, 0.6) is 11.5 Å². The first-order valence-electron chi connectivity index (χ1n) is 16.7. The summed E-state index contributed by atoms with van der Waals surface area (Å²) in [5.41, 5.74) is 1.30. The highest BCUT2D eigenvalue weighted by molar-refractivity contribution is 6.30. The molecule has 3 N–H and O–H groups in total. The van der Waals surface area contributed by atoms with E-state index in [1.807, 2.05) is 25.1 Å². The van der Waals surface area contributed by atoms with Gasteiger partial charge in [0.15, 0.2) is 17.3 Å². The highest BCUT2D eigenvalue weighted by Crippen LogP contribution is 2.61. The molecule has 1 spiro atoms. The number of amides is 2. The van der Waals surface area contributed by atoms with Crippen molar-refractivity contribution in [2.45, 2.75) is 70.9 Å². The quantitative estimate of drug-likeness (QED) is 0.223. The Morgan fingerprint density at radius 3 is 2.57 bits per heavy atom. The Bertz CT molecular complexity index is 1760. The van der Waals surface area contributed by atoms with Crippen LogP contribution in [0.25, 0.3) is 0 Å². The average Bonchev–Trinajstić information content (AvgIpc) is 3.58. The maximum Gasteiger partial charge on any atom is 0.412 e. The van der Waals surface area contributed by atoms with E-state index in [-0.39, 0.29) is 34.7 Å². The summed E-state index contributed by atoms with van der Waals surface area (Å²) in [6, 6.07) is 12.2. The van der Waals surface area contributed by atoms with Gasteiger partial charge in [0.05, 0.1) is 22.5 Å². The van der Waals surface area contributed by atoms with Gasteiger partial charge in [-0.15, -0.1) is 0 Å². The van der Waals surface area contributed by atoms with Gasteiger partial charge in [0.25, 0.3) is 5.79 Å². The summed E-state index contributed by atoms with van der Waals surface area (Å²) in [6.45, 7) is 9.66. The predicted octanol–water partition coefficient (Wildman–Crippen LogP) is 7.31. The van der Waals surface area contributed by atoms with E-state index < -0.39 is 23.3 Å². The second kappa shape index (κ2) is 12.5. The van der Waals surface area contributed by atoms with Gasteiger partial charge in [-0.25, -0.2) is 9.18 Å². The Kier molecular flexibility index (Phi) is 8.51. The molecule has 1 unspecified atom stereocenters. The van der Waals surface area contributed by atoms with Gasteiger partial charge in [-0.05, 0) is 88.3 Å². The zero-order chi connectivity index (χ0) is 34.6. The van der Waals surface area contributed by atoms with E-state index in [0.717, 1.165) is 44.5 Å². The van der Waals surface area contributed by atoms with Crippen LogP contribution in [-0.4, -0.2) is 54.9 Å². The molecule has 1 saturated carbocycles. The first-order chi connectivity index (χ1) is 23.3. The second-order valence-corrected chi connectivity index (χ2v) is 14.8. The number of halogens is 2. The van der Waals surface area contributed by atoms with Crippen molar-refractivity contribution in [3.63, 3.8) is 0 Å². The van der Waals surface area contributed by atoms with Crippen LogP contribution in [0, 0.1) is 17.2 Å². The molecule has 0 bridgehead atoms. The van der Waals surface area contributed by atoms with Crippen molar-refractivity contribution >= 4 is 46.4 Å². The average molecular weight is 694 g/mol. The summed E-state index contributed by atoms with van der Waals surface area (Å²) in [6.07, 6.45) is 4.09. The topological polar surface area (TPSA) is 123 Å². The largest absolute Gasteiger partial charge is 0.444 e.